The average molecular weight is 312 g/mol. The molecule has 1 saturated heterocycles. The molecule has 1 atom stereocenters. The number of aromatic nitrogens is 4. The molecule has 0 unspecified atom stereocenters. The molecular formula is C12H11ClFN5O2. The third-order valence-corrected chi connectivity index (χ3v) is 3.47. The van der Waals surface area contributed by atoms with Gasteiger partial charge in [-0.2, -0.15) is 0 Å². The van der Waals surface area contributed by atoms with Gasteiger partial charge in [0.1, 0.15) is 11.9 Å². The molecule has 2 aromatic rings. The van der Waals surface area contributed by atoms with Gasteiger partial charge >= 0.3 is 5.69 Å². The van der Waals surface area contributed by atoms with Crippen molar-refractivity contribution in [3.05, 3.63) is 38.3 Å². The predicted octanol–water partition coefficient (Wildman–Crippen LogP) is 0.722. The molecule has 2 aromatic heterocycles. The molecule has 0 aliphatic carbocycles. The van der Waals surface area contributed by atoms with Gasteiger partial charge in [-0.25, -0.2) is 9.18 Å². The first kappa shape index (κ1) is 13.7. The maximum absolute atomic E-state index is 13.4. The number of hydrogen-bond acceptors (Lipinski definition) is 5. The zero-order valence-corrected chi connectivity index (χ0v) is 11.5. The fourth-order valence-corrected chi connectivity index (χ4v) is 2.46. The fraction of sp³-hybridized carbons (Fsp3) is 0.333. The van der Waals surface area contributed by atoms with Crippen LogP contribution in [0.4, 0.5) is 10.1 Å². The molecule has 110 valence electrons. The Labute approximate surface area is 122 Å². The van der Waals surface area contributed by atoms with Crippen molar-refractivity contribution in [2.75, 3.05) is 18.0 Å². The van der Waals surface area contributed by atoms with Crippen molar-refractivity contribution >= 4 is 17.3 Å². The quantitative estimate of drug-likeness (QED) is 0.852. The molecule has 9 heteroatoms. The highest BCUT2D eigenvalue weighted by Gasteiger charge is 2.26. The Kier molecular flexibility index (Phi) is 3.46. The van der Waals surface area contributed by atoms with Crippen molar-refractivity contribution in [1.29, 1.82) is 0 Å². The van der Waals surface area contributed by atoms with Gasteiger partial charge in [-0.15, -0.1) is 10.2 Å². The number of aromatic amines is 2. The maximum atomic E-state index is 13.4. The minimum atomic E-state index is -0.932. The first-order valence-electron chi connectivity index (χ1n) is 6.29. The van der Waals surface area contributed by atoms with E-state index in [-0.39, 0.29) is 23.0 Å². The number of alkyl halides is 1. The van der Waals surface area contributed by atoms with Gasteiger partial charge in [-0.05, 0) is 6.42 Å². The van der Waals surface area contributed by atoms with Gasteiger partial charge in [-0.3, -0.25) is 9.78 Å². The van der Waals surface area contributed by atoms with Crippen molar-refractivity contribution in [3.63, 3.8) is 0 Å². The smallest absolute Gasteiger partial charge is 0.325 e. The molecule has 1 fully saturated rings. The molecule has 3 heterocycles. The Hall–Kier alpha value is -2.22. The summed E-state index contributed by atoms with van der Waals surface area (Å²) in [6, 6.07) is 1.53. The van der Waals surface area contributed by atoms with Crippen LogP contribution in [0.1, 0.15) is 6.42 Å². The van der Waals surface area contributed by atoms with Gasteiger partial charge in [0.2, 0.25) is 0 Å². The van der Waals surface area contributed by atoms with E-state index in [1.165, 1.54) is 12.3 Å². The highest BCUT2D eigenvalue weighted by molar-refractivity contribution is 6.29. The third-order valence-electron chi connectivity index (χ3n) is 3.29. The summed E-state index contributed by atoms with van der Waals surface area (Å²) in [6.07, 6.45) is 0.728. The molecule has 1 aliphatic rings. The summed E-state index contributed by atoms with van der Waals surface area (Å²) < 4.78 is 13.4. The van der Waals surface area contributed by atoms with E-state index in [4.69, 9.17) is 11.6 Å². The van der Waals surface area contributed by atoms with Crippen LogP contribution in [0.3, 0.4) is 0 Å². The van der Waals surface area contributed by atoms with Crippen molar-refractivity contribution in [3.8, 4) is 11.3 Å². The molecule has 0 amide bonds. The van der Waals surface area contributed by atoms with Gasteiger partial charge in [0.05, 0.1) is 11.3 Å². The average Bonchev–Trinajstić information content (AvgIpc) is 2.86. The van der Waals surface area contributed by atoms with Crippen LogP contribution in [0.5, 0.6) is 0 Å². The van der Waals surface area contributed by atoms with Crippen LogP contribution in [0.15, 0.2) is 21.9 Å². The summed E-state index contributed by atoms with van der Waals surface area (Å²) in [5, 5.41) is 7.79. The second-order valence-electron chi connectivity index (χ2n) is 4.72. The second kappa shape index (κ2) is 5.28. The fourth-order valence-electron chi connectivity index (χ4n) is 2.31. The van der Waals surface area contributed by atoms with Crippen molar-refractivity contribution in [2.24, 2.45) is 0 Å². The molecule has 1 aliphatic heterocycles. The largest absolute Gasteiger partial charge is 0.367 e. The summed E-state index contributed by atoms with van der Waals surface area (Å²) in [4.78, 5) is 29.2. The molecular weight excluding hydrogens is 301 g/mol. The lowest BCUT2D eigenvalue weighted by Gasteiger charge is -2.19. The molecule has 21 heavy (non-hydrogen) atoms. The van der Waals surface area contributed by atoms with Gasteiger partial charge in [0.25, 0.3) is 5.56 Å². The maximum Gasteiger partial charge on any atom is 0.325 e. The standard InChI is InChI=1S/C12H11ClFN5O2/c13-9-3-8(19-2-1-6(14)5-19)10(18-17-9)7-4-15-12(21)16-11(7)20/h3-4,6H,1-2,5H2,(H2,15,16,20,21)/t6-/m0/s1. The lowest BCUT2D eigenvalue weighted by Crippen LogP contribution is -2.25. The van der Waals surface area contributed by atoms with E-state index in [0.717, 1.165) is 0 Å². The number of rotatable bonds is 2. The number of nitrogens with zero attached hydrogens (tertiary/aromatic N) is 3. The molecule has 3 rings (SSSR count). The molecule has 7 nitrogen and oxygen atoms in total. The Morgan fingerprint density at radius 2 is 2.19 bits per heavy atom. The number of nitrogens with one attached hydrogen (secondary N) is 2. The predicted molar refractivity (Wildman–Crippen MR) is 75.4 cm³/mol. The minimum Gasteiger partial charge on any atom is -0.367 e. The zero-order valence-electron chi connectivity index (χ0n) is 10.8. The number of hydrogen-bond donors (Lipinski definition) is 2. The second-order valence-corrected chi connectivity index (χ2v) is 5.11. The first-order valence-corrected chi connectivity index (χ1v) is 6.67. The van der Waals surface area contributed by atoms with Crippen LogP contribution in [-0.2, 0) is 0 Å². The van der Waals surface area contributed by atoms with Gasteiger partial charge in [0, 0.05) is 25.4 Å². The number of H-pyrrole nitrogens is 2. The van der Waals surface area contributed by atoms with Crippen molar-refractivity contribution in [1.82, 2.24) is 20.2 Å². The summed E-state index contributed by atoms with van der Waals surface area (Å²) in [5.74, 6) is 0. The third kappa shape index (κ3) is 2.66. The topological polar surface area (TPSA) is 94.7 Å². The molecule has 0 saturated carbocycles. The monoisotopic (exact) mass is 311 g/mol. The number of halogens is 2. The highest BCUT2D eigenvalue weighted by Crippen LogP contribution is 2.30. The normalized spacial score (nSPS) is 18.2. The van der Waals surface area contributed by atoms with E-state index in [1.807, 2.05) is 0 Å². The van der Waals surface area contributed by atoms with E-state index >= 15 is 0 Å². The van der Waals surface area contributed by atoms with E-state index < -0.39 is 17.4 Å². The summed E-state index contributed by atoms with van der Waals surface area (Å²) in [5.41, 5.74) is -0.278. The Morgan fingerprint density at radius 1 is 1.38 bits per heavy atom. The molecule has 0 aromatic carbocycles. The Balaban J connectivity index is 2.14. The van der Waals surface area contributed by atoms with E-state index in [9.17, 15) is 14.0 Å². The Morgan fingerprint density at radius 3 is 2.86 bits per heavy atom. The molecule has 0 radical (unpaired) electrons. The van der Waals surface area contributed by atoms with Crippen molar-refractivity contribution in [2.45, 2.75) is 12.6 Å². The number of anilines is 1. The molecule has 0 spiro atoms. The summed E-state index contributed by atoms with van der Waals surface area (Å²) >= 11 is 5.85. The lowest BCUT2D eigenvalue weighted by atomic mass is 10.2. The van der Waals surface area contributed by atoms with Gasteiger partial charge in [0.15, 0.2) is 5.15 Å². The molecule has 2 N–H and O–H groups in total. The first-order chi connectivity index (χ1) is 10.0. The van der Waals surface area contributed by atoms with Crippen LogP contribution in [0.25, 0.3) is 11.3 Å². The van der Waals surface area contributed by atoms with Gasteiger partial charge < -0.3 is 9.88 Å². The van der Waals surface area contributed by atoms with Gasteiger partial charge in [-0.1, -0.05) is 11.6 Å². The summed E-state index contributed by atoms with van der Waals surface area (Å²) in [6.45, 7) is 0.702. The Bertz CT molecular complexity index is 790. The van der Waals surface area contributed by atoms with Crippen LogP contribution in [-0.4, -0.2) is 39.4 Å². The van der Waals surface area contributed by atoms with Crippen LogP contribution >= 0.6 is 11.6 Å². The summed E-state index contributed by atoms with van der Waals surface area (Å²) in [7, 11) is 0. The van der Waals surface area contributed by atoms with E-state index in [0.29, 0.717) is 18.7 Å². The van der Waals surface area contributed by atoms with Crippen LogP contribution < -0.4 is 16.1 Å². The SMILES string of the molecule is O=c1[nH]cc(-c2nnc(Cl)cc2N2CC[C@H](F)C2)c(=O)[nH]1. The molecule has 0 bridgehead atoms. The highest BCUT2D eigenvalue weighted by atomic mass is 35.5. The van der Waals surface area contributed by atoms with Crippen molar-refractivity contribution < 1.29 is 4.39 Å². The zero-order chi connectivity index (χ0) is 15.0. The van der Waals surface area contributed by atoms with Crippen LogP contribution in [0.2, 0.25) is 5.15 Å². The van der Waals surface area contributed by atoms with E-state index in [2.05, 4.69) is 20.2 Å². The van der Waals surface area contributed by atoms with E-state index in [1.54, 1.807) is 4.90 Å². The van der Waals surface area contributed by atoms with Crippen LogP contribution in [0, 0.1) is 0 Å². The minimum absolute atomic E-state index is 0.149. The lowest BCUT2D eigenvalue weighted by molar-refractivity contribution is 0.364.